The van der Waals surface area contributed by atoms with E-state index >= 15 is 0 Å². The van der Waals surface area contributed by atoms with Crippen LogP contribution >= 0.6 is 0 Å². The molecular formula is C21H30N4O7. The van der Waals surface area contributed by atoms with Crippen LogP contribution in [0.2, 0.25) is 0 Å². The molecule has 2 aromatic rings. The smallest absolute Gasteiger partial charge is 0.425 e. The highest BCUT2D eigenvalue weighted by molar-refractivity contribution is 6.14. The quantitative estimate of drug-likeness (QED) is 0.495. The Morgan fingerprint density at radius 3 is 2.06 bits per heavy atom. The second kappa shape index (κ2) is 9.51. The molecule has 11 heteroatoms. The lowest BCUT2D eigenvalue weighted by Gasteiger charge is -2.27. The molecule has 0 spiro atoms. The van der Waals surface area contributed by atoms with Gasteiger partial charge in [-0.3, -0.25) is 0 Å². The van der Waals surface area contributed by atoms with Crippen molar-refractivity contribution in [3.8, 4) is 0 Å². The van der Waals surface area contributed by atoms with Crippen LogP contribution in [-0.2, 0) is 25.6 Å². The molecule has 2 amide bonds. The lowest BCUT2D eigenvalue weighted by molar-refractivity contribution is 0.0428. The predicted octanol–water partition coefficient (Wildman–Crippen LogP) is 3.73. The molecule has 0 saturated carbocycles. The number of imide groups is 1. The summed E-state index contributed by atoms with van der Waals surface area (Å²) < 4.78 is 22.3. The molecule has 0 atom stereocenters. The molecule has 11 nitrogen and oxygen atoms in total. The highest BCUT2D eigenvalue weighted by atomic mass is 16.6. The second-order valence-corrected chi connectivity index (χ2v) is 8.88. The molecule has 0 bridgehead atoms. The van der Waals surface area contributed by atoms with Crippen LogP contribution in [0.5, 0.6) is 0 Å². The van der Waals surface area contributed by atoms with Crippen molar-refractivity contribution >= 4 is 29.6 Å². The summed E-state index contributed by atoms with van der Waals surface area (Å²) in [5, 5.41) is 4.28. The molecule has 0 radical (unpaired) electrons. The van der Waals surface area contributed by atoms with Gasteiger partial charge in [0.15, 0.2) is 11.5 Å². The molecule has 0 aliphatic heterocycles. The monoisotopic (exact) mass is 450 g/mol. The summed E-state index contributed by atoms with van der Waals surface area (Å²) in [6, 6.07) is 0. The average molecular weight is 450 g/mol. The first kappa shape index (κ1) is 25.1. The lowest BCUT2D eigenvalue weighted by Crippen LogP contribution is -2.44. The van der Waals surface area contributed by atoms with E-state index < -0.39 is 29.4 Å². The summed E-state index contributed by atoms with van der Waals surface area (Å²) in [6.07, 6.45) is 0.953. The van der Waals surface area contributed by atoms with Gasteiger partial charge in [-0.25, -0.2) is 23.9 Å². The molecule has 32 heavy (non-hydrogen) atoms. The van der Waals surface area contributed by atoms with Crippen molar-refractivity contribution in [3.63, 3.8) is 0 Å². The highest BCUT2D eigenvalue weighted by Gasteiger charge is 2.39. The number of ether oxygens (including phenoxy) is 4. The average Bonchev–Trinajstić information content (AvgIpc) is 2.97. The zero-order chi connectivity index (χ0) is 24.3. The molecular weight excluding hydrogens is 420 g/mol. The summed E-state index contributed by atoms with van der Waals surface area (Å²) in [7, 11) is 1.52. The minimum absolute atomic E-state index is 0.0657. The fourth-order valence-corrected chi connectivity index (χ4v) is 2.61. The van der Waals surface area contributed by atoms with E-state index in [2.05, 4.69) is 10.1 Å². The predicted molar refractivity (Wildman–Crippen MR) is 115 cm³/mol. The van der Waals surface area contributed by atoms with Gasteiger partial charge in [-0.1, -0.05) is 0 Å². The Kier molecular flexibility index (Phi) is 7.45. The Morgan fingerprint density at radius 1 is 1.03 bits per heavy atom. The van der Waals surface area contributed by atoms with Gasteiger partial charge in [-0.05, 0) is 48.5 Å². The van der Waals surface area contributed by atoms with Crippen molar-refractivity contribution in [2.45, 2.75) is 66.3 Å². The number of aromatic nitrogens is 3. The third kappa shape index (κ3) is 6.16. The van der Waals surface area contributed by atoms with Crippen LogP contribution in [0.25, 0.3) is 5.65 Å². The molecule has 2 heterocycles. The van der Waals surface area contributed by atoms with Gasteiger partial charge in [0.2, 0.25) is 0 Å². The van der Waals surface area contributed by atoms with E-state index in [-0.39, 0.29) is 30.2 Å². The van der Waals surface area contributed by atoms with Gasteiger partial charge in [0.25, 0.3) is 0 Å². The number of rotatable bonds is 5. The first-order valence-corrected chi connectivity index (χ1v) is 10.1. The van der Waals surface area contributed by atoms with Crippen LogP contribution < -0.4 is 4.90 Å². The standard InChI is InChI=1S/C21H30N4O7/c1-9-30-17(26)14-15-22-10-13(12-29-8)11-24(15)23-16(14)25(18(27)31-20(2,3)4)19(28)32-21(5,6)7/h10-11H,9,12H2,1-8H3. The Balaban J connectivity index is 2.73. The minimum atomic E-state index is -1.06. The fourth-order valence-electron chi connectivity index (χ4n) is 2.61. The normalized spacial score (nSPS) is 11.9. The number of amides is 2. The number of nitrogens with zero attached hydrogens (tertiary/aromatic N) is 4. The van der Waals surface area contributed by atoms with Crippen LogP contribution in [0.1, 0.15) is 64.4 Å². The van der Waals surface area contributed by atoms with Crippen LogP contribution in [-0.4, -0.2) is 57.7 Å². The summed E-state index contributed by atoms with van der Waals surface area (Å²) in [6.45, 7) is 11.8. The maximum Gasteiger partial charge on any atom is 0.425 e. The Labute approximate surface area is 186 Å². The van der Waals surface area contributed by atoms with Crippen molar-refractivity contribution in [1.29, 1.82) is 0 Å². The van der Waals surface area contributed by atoms with Gasteiger partial charge in [-0.2, -0.15) is 4.90 Å². The fraction of sp³-hybridized carbons (Fsp3) is 0.571. The van der Waals surface area contributed by atoms with E-state index in [1.165, 1.54) is 17.8 Å². The number of hydrogen-bond acceptors (Lipinski definition) is 9. The van der Waals surface area contributed by atoms with E-state index in [4.69, 9.17) is 18.9 Å². The summed E-state index contributed by atoms with van der Waals surface area (Å²) in [5.41, 5.74) is -1.27. The summed E-state index contributed by atoms with van der Waals surface area (Å²) >= 11 is 0. The molecule has 2 aromatic heterocycles. The Bertz CT molecular complexity index is 974. The van der Waals surface area contributed by atoms with Crippen LogP contribution in [0.4, 0.5) is 15.4 Å². The Morgan fingerprint density at radius 2 is 1.59 bits per heavy atom. The van der Waals surface area contributed by atoms with Crippen molar-refractivity contribution in [2.24, 2.45) is 0 Å². The maximum absolute atomic E-state index is 13.0. The minimum Gasteiger partial charge on any atom is -0.462 e. The molecule has 0 aliphatic carbocycles. The molecule has 0 aromatic carbocycles. The first-order chi connectivity index (χ1) is 14.8. The van der Waals surface area contributed by atoms with Crippen molar-refractivity contribution in [2.75, 3.05) is 18.6 Å². The van der Waals surface area contributed by atoms with Crippen LogP contribution in [0.15, 0.2) is 12.4 Å². The summed E-state index contributed by atoms with van der Waals surface area (Å²) in [5.74, 6) is -1.12. The number of hydrogen-bond donors (Lipinski definition) is 0. The van der Waals surface area contributed by atoms with Gasteiger partial charge < -0.3 is 18.9 Å². The third-order valence-electron chi connectivity index (χ3n) is 3.66. The van der Waals surface area contributed by atoms with E-state index in [1.807, 2.05) is 0 Å². The molecule has 176 valence electrons. The number of methoxy groups -OCH3 is 1. The molecule has 0 saturated heterocycles. The first-order valence-electron chi connectivity index (χ1n) is 10.1. The van der Waals surface area contributed by atoms with E-state index in [0.29, 0.717) is 10.5 Å². The molecule has 0 N–H and O–H groups in total. The highest BCUT2D eigenvalue weighted by Crippen LogP contribution is 2.28. The van der Waals surface area contributed by atoms with Crippen molar-refractivity contribution in [3.05, 3.63) is 23.5 Å². The topological polar surface area (TPSA) is 122 Å². The van der Waals surface area contributed by atoms with Gasteiger partial charge in [0.1, 0.15) is 16.8 Å². The summed E-state index contributed by atoms with van der Waals surface area (Å²) in [4.78, 5) is 43.7. The van der Waals surface area contributed by atoms with Gasteiger partial charge >= 0.3 is 18.2 Å². The number of carbonyl (C=O) groups excluding carboxylic acids is 3. The lowest BCUT2D eigenvalue weighted by atomic mass is 10.2. The van der Waals surface area contributed by atoms with Gasteiger partial charge in [-0.15, -0.1) is 5.10 Å². The van der Waals surface area contributed by atoms with Crippen molar-refractivity contribution in [1.82, 2.24) is 14.6 Å². The van der Waals surface area contributed by atoms with Gasteiger partial charge in [0, 0.05) is 25.1 Å². The Hall–Kier alpha value is -3.21. The number of carbonyl (C=O) groups is 3. The number of anilines is 1. The zero-order valence-corrected chi connectivity index (χ0v) is 19.7. The largest absolute Gasteiger partial charge is 0.462 e. The molecule has 0 fully saturated rings. The van der Waals surface area contributed by atoms with E-state index in [0.717, 1.165) is 0 Å². The van der Waals surface area contributed by atoms with E-state index in [9.17, 15) is 14.4 Å². The number of fused-ring (bicyclic) bond motifs is 1. The van der Waals surface area contributed by atoms with Gasteiger partial charge in [0.05, 0.1) is 13.2 Å². The molecule has 0 unspecified atom stereocenters. The third-order valence-corrected chi connectivity index (χ3v) is 3.66. The van der Waals surface area contributed by atoms with Crippen LogP contribution in [0.3, 0.4) is 0 Å². The molecule has 2 rings (SSSR count). The second-order valence-electron chi connectivity index (χ2n) is 8.88. The van der Waals surface area contributed by atoms with Crippen LogP contribution in [0, 0.1) is 0 Å². The molecule has 0 aliphatic rings. The van der Waals surface area contributed by atoms with Crippen molar-refractivity contribution < 1.29 is 33.3 Å². The SMILES string of the molecule is CCOC(=O)c1c(N(C(=O)OC(C)(C)C)C(=O)OC(C)(C)C)nn2cc(COC)cnc12. The van der Waals surface area contributed by atoms with E-state index in [1.54, 1.807) is 54.7 Å². The number of esters is 1. The zero-order valence-electron chi connectivity index (χ0n) is 19.7. The maximum atomic E-state index is 13.0.